The highest BCUT2D eigenvalue weighted by Crippen LogP contribution is 2.72. The minimum atomic E-state index is -1.84. The Morgan fingerprint density at radius 3 is 2.48 bits per heavy atom. The van der Waals surface area contributed by atoms with E-state index in [1.807, 2.05) is 20.8 Å². The van der Waals surface area contributed by atoms with Crippen LogP contribution in [0, 0.1) is 22.7 Å². The van der Waals surface area contributed by atoms with Crippen LogP contribution >= 0.6 is 0 Å². The first-order valence-electron chi connectivity index (χ1n) is 15.1. The lowest BCUT2D eigenvalue weighted by atomic mass is 9.41. The molecule has 5 rings (SSSR count). The van der Waals surface area contributed by atoms with Gasteiger partial charge in [0, 0.05) is 24.0 Å². The molecule has 4 N–H and O–H groups in total. The number of fused-ring (bicyclic) bond motifs is 5. The van der Waals surface area contributed by atoms with Crippen molar-refractivity contribution in [1.29, 1.82) is 0 Å². The van der Waals surface area contributed by atoms with Crippen LogP contribution in [0.5, 0.6) is 0 Å². The van der Waals surface area contributed by atoms with Crippen molar-refractivity contribution in [3.63, 3.8) is 0 Å². The van der Waals surface area contributed by atoms with Crippen molar-refractivity contribution in [2.45, 2.75) is 134 Å². The van der Waals surface area contributed by atoms with Gasteiger partial charge in [0.25, 0.3) is 0 Å². The summed E-state index contributed by atoms with van der Waals surface area (Å²) in [6.45, 7) is 11.3. The Hall–Kier alpha value is -1.58. The topological polar surface area (TPSA) is 134 Å². The first-order valence-corrected chi connectivity index (χ1v) is 15.1. The standard InChI is InChI=1S/C32H48O8/c1-7-8-16-39-31-12-9-10-23(33)28(31,5)21-11-13-27(4)30(37,22(21)18-24(31)34)14-15-32(27,38)29(6,36)25-17-19(2)20(3)26(35)40-25/h9-10,21-22,24-25,34,36-38H,7-8,11-18H2,1-6H3/t21-,22+,24+,25+,27-,28-,29-,30+,31-,32-/m0/s1. The highest BCUT2D eigenvalue weighted by atomic mass is 16.6. The first kappa shape index (κ1) is 29.9. The van der Waals surface area contributed by atoms with Gasteiger partial charge in [0.15, 0.2) is 5.78 Å². The average Bonchev–Trinajstić information content (AvgIpc) is 3.12. The van der Waals surface area contributed by atoms with Crippen molar-refractivity contribution in [2.24, 2.45) is 22.7 Å². The van der Waals surface area contributed by atoms with E-state index >= 15 is 0 Å². The second-order valence-electron chi connectivity index (χ2n) is 14.0. The summed E-state index contributed by atoms with van der Waals surface area (Å²) in [7, 11) is 0. The maximum atomic E-state index is 13.7. The Labute approximate surface area is 237 Å². The van der Waals surface area contributed by atoms with E-state index in [4.69, 9.17) is 9.47 Å². The SMILES string of the molecule is CCCCO[C@]12CC=CC(=O)[C@]1(C)[C@H]1CC[C@]3(C)[C@](O)([C@@](C)(O)[C@H]4CC(C)=C(C)C(=O)O4)CC[C@@]3(O)[C@@H]1C[C@H]2O. The molecule has 5 aliphatic rings. The van der Waals surface area contributed by atoms with Gasteiger partial charge in [-0.25, -0.2) is 4.79 Å². The summed E-state index contributed by atoms with van der Waals surface area (Å²) in [5, 5.41) is 48.9. The fourth-order valence-electron chi connectivity index (χ4n) is 9.63. The van der Waals surface area contributed by atoms with Crippen LogP contribution in [-0.2, 0) is 19.1 Å². The molecule has 0 radical (unpaired) electrons. The maximum absolute atomic E-state index is 13.7. The second-order valence-corrected chi connectivity index (χ2v) is 14.0. The third-order valence-electron chi connectivity index (χ3n) is 12.6. The zero-order chi connectivity index (χ0) is 29.5. The lowest BCUT2D eigenvalue weighted by Gasteiger charge is -2.67. The molecule has 0 spiro atoms. The van der Waals surface area contributed by atoms with Gasteiger partial charge in [-0.05, 0) is 90.6 Å². The van der Waals surface area contributed by atoms with Crippen molar-refractivity contribution in [3.8, 4) is 0 Å². The van der Waals surface area contributed by atoms with E-state index in [0.717, 1.165) is 18.4 Å². The van der Waals surface area contributed by atoms with Crippen LogP contribution in [0.25, 0.3) is 0 Å². The van der Waals surface area contributed by atoms with Crippen LogP contribution in [0.15, 0.2) is 23.3 Å². The highest BCUT2D eigenvalue weighted by Gasteiger charge is 2.79. The van der Waals surface area contributed by atoms with E-state index in [2.05, 4.69) is 6.92 Å². The Bertz CT molecular complexity index is 1140. The summed E-state index contributed by atoms with van der Waals surface area (Å²) in [5.74, 6) is -1.37. The number of allylic oxidation sites excluding steroid dienone is 1. The zero-order valence-electron chi connectivity index (χ0n) is 25.0. The second kappa shape index (κ2) is 9.46. The van der Waals surface area contributed by atoms with Gasteiger partial charge in [-0.3, -0.25) is 4.79 Å². The zero-order valence-corrected chi connectivity index (χ0v) is 25.0. The van der Waals surface area contributed by atoms with E-state index in [1.54, 1.807) is 19.1 Å². The van der Waals surface area contributed by atoms with Crippen LogP contribution in [0.4, 0.5) is 0 Å². The van der Waals surface area contributed by atoms with Gasteiger partial charge in [0.2, 0.25) is 0 Å². The minimum absolute atomic E-state index is 0.0943. The molecule has 0 unspecified atom stereocenters. The van der Waals surface area contributed by atoms with Crippen molar-refractivity contribution in [1.82, 2.24) is 0 Å². The molecule has 40 heavy (non-hydrogen) atoms. The quantitative estimate of drug-likeness (QED) is 0.286. The number of ketones is 1. The Morgan fingerprint density at radius 1 is 1.12 bits per heavy atom. The first-order chi connectivity index (χ1) is 18.6. The Kier molecular flexibility index (Phi) is 7.07. The molecule has 0 aromatic rings. The summed E-state index contributed by atoms with van der Waals surface area (Å²) < 4.78 is 12.1. The number of esters is 1. The molecule has 0 aromatic heterocycles. The number of carbonyl (C=O) groups is 2. The maximum Gasteiger partial charge on any atom is 0.334 e. The number of hydrogen-bond donors (Lipinski definition) is 4. The smallest absolute Gasteiger partial charge is 0.334 e. The van der Waals surface area contributed by atoms with Gasteiger partial charge in [0.05, 0.1) is 17.1 Å². The molecule has 0 aromatic carbocycles. The number of ether oxygens (including phenoxy) is 2. The Balaban J connectivity index is 1.53. The third kappa shape index (κ3) is 3.49. The number of hydrogen-bond acceptors (Lipinski definition) is 8. The minimum Gasteiger partial charge on any atom is -0.455 e. The van der Waals surface area contributed by atoms with Gasteiger partial charge < -0.3 is 29.9 Å². The molecule has 4 aliphatic carbocycles. The van der Waals surface area contributed by atoms with Crippen LogP contribution in [0.1, 0.15) is 99.3 Å². The van der Waals surface area contributed by atoms with Gasteiger partial charge in [-0.2, -0.15) is 0 Å². The molecule has 224 valence electrons. The molecule has 3 fully saturated rings. The third-order valence-corrected chi connectivity index (χ3v) is 12.6. The van der Waals surface area contributed by atoms with Gasteiger partial charge in [-0.1, -0.05) is 31.9 Å². The van der Waals surface area contributed by atoms with Crippen LogP contribution in [-0.4, -0.2) is 73.4 Å². The monoisotopic (exact) mass is 560 g/mol. The molecule has 3 saturated carbocycles. The molecular formula is C32H48O8. The molecule has 0 amide bonds. The number of unbranched alkanes of at least 4 members (excludes halogenated alkanes) is 1. The summed E-state index contributed by atoms with van der Waals surface area (Å²) in [6.07, 6.45) is 5.33. The molecule has 0 bridgehead atoms. The van der Waals surface area contributed by atoms with E-state index in [9.17, 15) is 30.0 Å². The number of carbonyl (C=O) groups excluding carboxylic acids is 2. The fourth-order valence-corrected chi connectivity index (χ4v) is 9.63. The normalized spacial score (nSPS) is 48.2. The van der Waals surface area contributed by atoms with Crippen molar-refractivity contribution >= 4 is 11.8 Å². The van der Waals surface area contributed by atoms with Crippen molar-refractivity contribution < 1.29 is 39.5 Å². The van der Waals surface area contributed by atoms with Crippen LogP contribution < -0.4 is 0 Å². The van der Waals surface area contributed by atoms with Crippen molar-refractivity contribution in [2.75, 3.05) is 6.61 Å². The summed E-state index contributed by atoms with van der Waals surface area (Å²) in [5.41, 5.74) is -7.06. The molecule has 8 nitrogen and oxygen atoms in total. The summed E-state index contributed by atoms with van der Waals surface area (Å²) in [6, 6.07) is 0. The molecule has 8 heteroatoms. The van der Waals surface area contributed by atoms with E-state index in [1.165, 1.54) is 6.92 Å². The van der Waals surface area contributed by atoms with Crippen molar-refractivity contribution in [3.05, 3.63) is 23.3 Å². The number of rotatable bonds is 6. The molecule has 10 atom stereocenters. The highest BCUT2D eigenvalue weighted by molar-refractivity contribution is 5.97. The van der Waals surface area contributed by atoms with Gasteiger partial charge in [0.1, 0.15) is 22.9 Å². The Morgan fingerprint density at radius 2 is 1.82 bits per heavy atom. The molecular weight excluding hydrogens is 512 g/mol. The largest absolute Gasteiger partial charge is 0.455 e. The predicted octanol–water partition coefficient (Wildman–Crippen LogP) is 3.53. The summed E-state index contributed by atoms with van der Waals surface area (Å²) in [4.78, 5) is 26.3. The number of cyclic esters (lactones) is 1. The molecule has 0 saturated heterocycles. The van der Waals surface area contributed by atoms with E-state index in [0.29, 0.717) is 37.9 Å². The lowest BCUT2D eigenvalue weighted by molar-refractivity contribution is -0.306. The van der Waals surface area contributed by atoms with Gasteiger partial charge in [-0.15, -0.1) is 0 Å². The van der Waals surface area contributed by atoms with Crippen LogP contribution in [0.3, 0.4) is 0 Å². The predicted molar refractivity (Wildman–Crippen MR) is 148 cm³/mol. The number of aliphatic hydroxyl groups excluding tert-OH is 1. The van der Waals surface area contributed by atoms with Crippen LogP contribution in [0.2, 0.25) is 0 Å². The average molecular weight is 561 g/mol. The molecule has 1 aliphatic heterocycles. The van der Waals surface area contributed by atoms with E-state index in [-0.39, 0.29) is 31.0 Å². The fraction of sp³-hybridized carbons (Fsp3) is 0.812. The van der Waals surface area contributed by atoms with Gasteiger partial charge >= 0.3 is 5.97 Å². The lowest BCUT2D eigenvalue weighted by Crippen LogP contribution is -2.76. The molecule has 1 heterocycles. The summed E-state index contributed by atoms with van der Waals surface area (Å²) >= 11 is 0. The number of aliphatic hydroxyl groups is 4. The van der Waals surface area contributed by atoms with E-state index < -0.39 is 57.3 Å².